The summed E-state index contributed by atoms with van der Waals surface area (Å²) in [6.45, 7) is 8.38. The van der Waals surface area contributed by atoms with Crippen LogP contribution in [0.3, 0.4) is 0 Å². The van der Waals surface area contributed by atoms with E-state index in [9.17, 15) is 4.79 Å². The SMILES string of the molecule is CCCc1nn(C)c2c1nc(SCC(=O)O)n2C(C)(C)C. The van der Waals surface area contributed by atoms with Gasteiger partial charge in [-0.2, -0.15) is 5.10 Å². The fourth-order valence-electron chi connectivity index (χ4n) is 2.39. The van der Waals surface area contributed by atoms with E-state index in [0.717, 1.165) is 34.9 Å². The number of hydrogen-bond acceptors (Lipinski definition) is 4. The summed E-state index contributed by atoms with van der Waals surface area (Å²) in [5, 5.41) is 14.2. The molecule has 0 aliphatic carbocycles. The molecule has 2 rings (SSSR count). The third kappa shape index (κ3) is 3.07. The first-order valence-corrected chi connectivity index (χ1v) is 8.03. The van der Waals surface area contributed by atoms with E-state index in [1.54, 1.807) is 0 Å². The summed E-state index contributed by atoms with van der Waals surface area (Å²) in [6, 6.07) is 0. The van der Waals surface area contributed by atoms with Crippen molar-refractivity contribution < 1.29 is 9.90 Å². The highest BCUT2D eigenvalue weighted by Gasteiger charge is 2.26. The summed E-state index contributed by atoms with van der Waals surface area (Å²) in [7, 11) is 1.91. The molecule has 0 fully saturated rings. The van der Waals surface area contributed by atoms with E-state index in [0.29, 0.717) is 0 Å². The van der Waals surface area contributed by atoms with Crippen LogP contribution in [-0.4, -0.2) is 36.2 Å². The van der Waals surface area contributed by atoms with Gasteiger partial charge < -0.3 is 5.11 Å². The highest BCUT2D eigenvalue weighted by atomic mass is 32.2. The lowest BCUT2D eigenvalue weighted by atomic mass is 10.1. The van der Waals surface area contributed by atoms with Gasteiger partial charge in [-0.05, 0) is 27.2 Å². The summed E-state index contributed by atoms with van der Waals surface area (Å²) in [5.74, 6) is -0.824. The Morgan fingerprint density at radius 3 is 2.57 bits per heavy atom. The van der Waals surface area contributed by atoms with Crippen LogP contribution in [0.4, 0.5) is 0 Å². The van der Waals surface area contributed by atoms with Crippen molar-refractivity contribution in [2.75, 3.05) is 5.75 Å². The Morgan fingerprint density at radius 1 is 1.38 bits per heavy atom. The number of fused-ring (bicyclic) bond motifs is 1. The maximum atomic E-state index is 10.8. The minimum absolute atomic E-state index is 0.00986. The van der Waals surface area contributed by atoms with Gasteiger partial charge in [0.1, 0.15) is 5.52 Å². The van der Waals surface area contributed by atoms with E-state index in [1.165, 1.54) is 11.8 Å². The summed E-state index contributed by atoms with van der Waals surface area (Å²) < 4.78 is 3.94. The van der Waals surface area contributed by atoms with Crippen molar-refractivity contribution in [3.63, 3.8) is 0 Å². The summed E-state index contributed by atoms with van der Waals surface area (Å²) >= 11 is 1.26. The van der Waals surface area contributed by atoms with Crippen LogP contribution >= 0.6 is 11.8 Å². The molecule has 0 aromatic carbocycles. The molecule has 0 unspecified atom stereocenters. The number of hydrogen-bond donors (Lipinski definition) is 1. The summed E-state index contributed by atoms with van der Waals surface area (Å²) in [5.41, 5.74) is 2.64. The number of carbonyl (C=O) groups is 1. The second-order valence-corrected chi connectivity index (χ2v) is 7.02. The molecule has 0 aliphatic rings. The van der Waals surface area contributed by atoms with Crippen LogP contribution in [-0.2, 0) is 23.8 Å². The Balaban J connectivity index is 2.61. The zero-order valence-corrected chi connectivity index (χ0v) is 14.0. The quantitative estimate of drug-likeness (QED) is 0.860. The number of carboxylic acid groups (broad SMARTS) is 1. The van der Waals surface area contributed by atoms with Crippen LogP contribution in [0.5, 0.6) is 0 Å². The predicted molar refractivity (Wildman–Crippen MR) is 83.8 cm³/mol. The van der Waals surface area contributed by atoms with Gasteiger partial charge in [0.05, 0.1) is 11.4 Å². The number of aryl methyl sites for hydroxylation is 2. The Kier molecular flexibility index (Phi) is 4.32. The standard InChI is InChI=1S/C14H22N4O2S/c1-6-7-9-11-12(17(5)16-9)18(14(2,3)4)13(15-11)21-8-10(19)20/h6-8H2,1-5H3,(H,19,20). The van der Waals surface area contributed by atoms with Crippen molar-refractivity contribution in [1.82, 2.24) is 19.3 Å². The zero-order valence-electron chi connectivity index (χ0n) is 13.2. The fourth-order valence-corrected chi connectivity index (χ4v) is 3.29. The minimum Gasteiger partial charge on any atom is -0.481 e. The number of carboxylic acids is 1. The molecule has 2 aromatic rings. The van der Waals surface area contributed by atoms with Gasteiger partial charge in [0, 0.05) is 12.6 Å². The van der Waals surface area contributed by atoms with Crippen molar-refractivity contribution in [3.8, 4) is 0 Å². The van der Waals surface area contributed by atoms with Gasteiger partial charge >= 0.3 is 5.97 Å². The largest absolute Gasteiger partial charge is 0.481 e. The monoisotopic (exact) mass is 310 g/mol. The average Bonchev–Trinajstić information content (AvgIpc) is 2.86. The average molecular weight is 310 g/mol. The summed E-state index contributed by atoms with van der Waals surface area (Å²) in [6.07, 6.45) is 1.88. The smallest absolute Gasteiger partial charge is 0.313 e. The van der Waals surface area contributed by atoms with E-state index in [1.807, 2.05) is 11.7 Å². The molecule has 0 radical (unpaired) electrons. The summed E-state index contributed by atoms with van der Waals surface area (Å²) in [4.78, 5) is 15.5. The van der Waals surface area contributed by atoms with Gasteiger partial charge in [0.15, 0.2) is 10.8 Å². The van der Waals surface area contributed by atoms with Gasteiger partial charge in [-0.3, -0.25) is 14.0 Å². The molecular weight excluding hydrogens is 288 g/mol. The number of nitrogens with zero attached hydrogens (tertiary/aromatic N) is 4. The van der Waals surface area contributed by atoms with Crippen LogP contribution in [0, 0.1) is 0 Å². The first kappa shape index (κ1) is 15.9. The second-order valence-electron chi connectivity index (χ2n) is 6.08. The van der Waals surface area contributed by atoms with Gasteiger partial charge in [-0.25, -0.2) is 4.98 Å². The van der Waals surface area contributed by atoms with E-state index in [4.69, 9.17) is 5.11 Å². The van der Waals surface area contributed by atoms with Crippen LogP contribution < -0.4 is 0 Å². The lowest BCUT2D eigenvalue weighted by Gasteiger charge is -2.24. The van der Waals surface area contributed by atoms with E-state index < -0.39 is 5.97 Å². The molecular formula is C14H22N4O2S. The Bertz CT molecular complexity index is 667. The molecule has 0 atom stereocenters. The predicted octanol–water partition coefficient (Wildman–Crippen LogP) is 2.65. The number of aliphatic carboxylic acids is 1. The molecule has 2 heterocycles. The zero-order chi connectivity index (χ0) is 15.8. The molecule has 0 saturated carbocycles. The number of aromatic nitrogens is 4. The van der Waals surface area contributed by atoms with Gasteiger partial charge in [-0.1, -0.05) is 25.1 Å². The molecule has 0 saturated heterocycles. The first-order chi connectivity index (χ1) is 9.75. The Hall–Kier alpha value is -1.50. The molecule has 0 amide bonds. The normalized spacial score (nSPS) is 12.2. The molecule has 0 aliphatic heterocycles. The van der Waals surface area contributed by atoms with Crippen LogP contribution in [0.15, 0.2) is 5.16 Å². The van der Waals surface area contributed by atoms with E-state index >= 15 is 0 Å². The maximum absolute atomic E-state index is 10.8. The second kappa shape index (κ2) is 5.71. The van der Waals surface area contributed by atoms with Gasteiger partial charge in [-0.15, -0.1) is 0 Å². The van der Waals surface area contributed by atoms with Crippen LogP contribution in [0.1, 0.15) is 39.8 Å². The minimum atomic E-state index is -0.834. The Morgan fingerprint density at radius 2 is 2.05 bits per heavy atom. The van der Waals surface area contributed by atoms with Crippen LogP contribution in [0.25, 0.3) is 11.2 Å². The highest BCUT2D eigenvalue weighted by molar-refractivity contribution is 7.99. The third-order valence-electron chi connectivity index (χ3n) is 3.16. The van der Waals surface area contributed by atoms with Crippen molar-refractivity contribution in [2.45, 2.75) is 51.2 Å². The molecule has 2 aromatic heterocycles. The number of rotatable bonds is 5. The number of thioether (sulfide) groups is 1. The van der Waals surface area contributed by atoms with Crippen LogP contribution in [0.2, 0.25) is 0 Å². The molecule has 0 spiro atoms. The van der Waals surface area contributed by atoms with Crippen molar-refractivity contribution in [3.05, 3.63) is 5.69 Å². The lowest BCUT2D eigenvalue weighted by molar-refractivity contribution is -0.133. The molecule has 116 valence electrons. The Labute approximate surface area is 128 Å². The molecule has 0 bridgehead atoms. The van der Waals surface area contributed by atoms with Crippen molar-refractivity contribution in [1.29, 1.82) is 0 Å². The number of imidazole rings is 1. The molecule has 21 heavy (non-hydrogen) atoms. The van der Waals surface area contributed by atoms with E-state index in [-0.39, 0.29) is 11.3 Å². The van der Waals surface area contributed by atoms with Gasteiger partial charge in [0.2, 0.25) is 0 Å². The van der Waals surface area contributed by atoms with Crippen molar-refractivity contribution >= 4 is 28.9 Å². The highest BCUT2D eigenvalue weighted by Crippen LogP contribution is 2.32. The first-order valence-electron chi connectivity index (χ1n) is 7.05. The topological polar surface area (TPSA) is 72.9 Å². The molecule has 1 N–H and O–H groups in total. The van der Waals surface area contributed by atoms with Gasteiger partial charge in [0.25, 0.3) is 0 Å². The maximum Gasteiger partial charge on any atom is 0.313 e. The lowest BCUT2D eigenvalue weighted by Crippen LogP contribution is -2.24. The van der Waals surface area contributed by atoms with Crippen molar-refractivity contribution in [2.24, 2.45) is 7.05 Å². The fraction of sp³-hybridized carbons (Fsp3) is 0.643. The van der Waals surface area contributed by atoms with E-state index in [2.05, 4.69) is 42.3 Å². The molecule has 6 nitrogen and oxygen atoms in total. The molecule has 7 heteroatoms. The third-order valence-corrected chi connectivity index (χ3v) is 4.08.